The average molecular weight is 398 g/mol. The smallest absolute Gasteiger partial charge is 0.241 e. The Morgan fingerprint density at radius 1 is 1.11 bits per heavy atom. The zero-order chi connectivity index (χ0) is 19.0. The second-order valence-electron chi connectivity index (χ2n) is 6.52. The van der Waals surface area contributed by atoms with E-state index in [1.807, 2.05) is 42.1 Å². The van der Waals surface area contributed by atoms with Crippen molar-refractivity contribution in [1.82, 2.24) is 10.3 Å². The van der Waals surface area contributed by atoms with Crippen molar-refractivity contribution >= 4 is 40.5 Å². The summed E-state index contributed by atoms with van der Waals surface area (Å²) in [5, 5.41) is 9.40. The average Bonchev–Trinajstić information content (AvgIpc) is 3.00. The van der Waals surface area contributed by atoms with E-state index in [1.165, 1.54) is 36.2 Å². The summed E-state index contributed by atoms with van der Waals surface area (Å²) in [5.74, 6) is -0.337. The van der Waals surface area contributed by atoms with Crippen LogP contribution < -0.4 is 5.32 Å². The molecule has 2 atom stereocenters. The number of amides is 2. The standard InChI is InChI=1S/C20H19N3O2S2/c1-13(24)21-19-22-23(14(2)25)20(27-19)12-18(15-8-4-3-5-9-15)26-17-11-7-6-10-16(17)20/h3-11,18H,12H2,1-2H3,(H,21,22,24)/t18-,20+/m1/s1. The van der Waals surface area contributed by atoms with Gasteiger partial charge in [0.1, 0.15) is 4.87 Å². The highest BCUT2D eigenvalue weighted by atomic mass is 32.2. The molecule has 0 saturated carbocycles. The van der Waals surface area contributed by atoms with Crippen LogP contribution in [0.1, 0.15) is 36.6 Å². The topological polar surface area (TPSA) is 61.8 Å². The molecular formula is C20H19N3O2S2. The number of fused-ring (bicyclic) bond motifs is 2. The number of rotatable bonds is 1. The largest absolute Gasteiger partial charge is 0.304 e. The van der Waals surface area contributed by atoms with Gasteiger partial charge in [-0.05, 0) is 11.6 Å². The minimum atomic E-state index is -0.661. The second-order valence-corrected chi connectivity index (χ2v) is 9.03. The molecule has 2 aromatic carbocycles. The lowest BCUT2D eigenvalue weighted by Gasteiger charge is -2.42. The van der Waals surface area contributed by atoms with Gasteiger partial charge < -0.3 is 5.32 Å². The normalized spacial score (nSPS) is 23.7. The molecule has 1 N–H and O–H groups in total. The molecule has 4 rings (SSSR count). The predicted molar refractivity (Wildman–Crippen MR) is 109 cm³/mol. The van der Waals surface area contributed by atoms with E-state index in [0.717, 1.165) is 10.5 Å². The highest BCUT2D eigenvalue weighted by molar-refractivity contribution is 8.15. The maximum absolute atomic E-state index is 12.5. The van der Waals surface area contributed by atoms with Gasteiger partial charge >= 0.3 is 0 Å². The maximum Gasteiger partial charge on any atom is 0.241 e. The minimum Gasteiger partial charge on any atom is -0.304 e. The zero-order valence-corrected chi connectivity index (χ0v) is 16.6. The number of hydrogen-bond donors (Lipinski definition) is 1. The molecular weight excluding hydrogens is 378 g/mol. The van der Waals surface area contributed by atoms with Crippen LogP contribution in [0.4, 0.5) is 0 Å². The Balaban J connectivity index is 1.82. The number of hydrazone groups is 1. The quantitative estimate of drug-likeness (QED) is 0.788. The molecule has 138 valence electrons. The van der Waals surface area contributed by atoms with Gasteiger partial charge in [0, 0.05) is 36.0 Å². The number of thioether (sulfide) groups is 2. The Kier molecular flexibility index (Phi) is 4.74. The van der Waals surface area contributed by atoms with Gasteiger partial charge in [0.15, 0.2) is 5.17 Å². The first-order valence-electron chi connectivity index (χ1n) is 8.67. The number of nitrogens with zero attached hydrogens (tertiary/aromatic N) is 2. The first-order chi connectivity index (χ1) is 13.0. The van der Waals surface area contributed by atoms with Crippen LogP contribution in [0.15, 0.2) is 64.6 Å². The van der Waals surface area contributed by atoms with Crippen molar-refractivity contribution < 1.29 is 9.59 Å². The molecule has 27 heavy (non-hydrogen) atoms. The summed E-state index contributed by atoms with van der Waals surface area (Å²) in [6.45, 7) is 2.97. The van der Waals surface area contributed by atoms with E-state index >= 15 is 0 Å². The van der Waals surface area contributed by atoms with Crippen molar-refractivity contribution in [3.05, 3.63) is 65.7 Å². The fourth-order valence-electron chi connectivity index (χ4n) is 3.52. The lowest BCUT2D eigenvalue weighted by atomic mass is 9.96. The summed E-state index contributed by atoms with van der Waals surface area (Å²) in [6.07, 6.45) is 0.704. The summed E-state index contributed by atoms with van der Waals surface area (Å²) >= 11 is 3.26. The maximum atomic E-state index is 12.5. The van der Waals surface area contributed by atoms with Crippen LogP contribution in [0, 0.1) is 0 Å². The zero-order valence-electron chi connectivity index (χ0n) is 15.0. The molecule has 0 unspecified atom stereocenters. The number of hydrogen-bond acceptors (Lipinski definition) is 5. The molecule has 0 aromatic heterocycles. The van der Waals surface area contributed by atoms with E-state index in [1.54, 1.807) is 0 Å². The molecule has 5 nitrogen and oxygen atoms in total. The van der Waals surface area contributed by atoms with Crippen LogP contribution in [-0.2, 0) is 14.5 Å². The molecule has 2 aliphatic heterocycles. The highest BCUT2D eigenvalue weighted by Crippen LogP contribution is 2.60. The van der Waals surface area contributed by atoms with E-state index in [2.05, 4.69) is 34.7 Å². The third-order valence-electron chi connectivity index (χ3n) is 4.59. The van der Waals surface area contributed by atoms with Crippen molar-refractivity contribution in [2.75, 3.05) is 0 Å². The van der Waals surface area contributed by atoms with Gasteiger partial charge in [-0.2, -0.15) is 0 Å². The molecule has 0 radical (unpaired) electrons. The number of carbonyl (C=O) groups excluding carboxylic acids is 2. The van der Waals surface area contributed by atoms with E-state index in [9.17, 15) is 9.59 Å². The highest BCUT2D eigenvalue weighted by Gasteiger charge is 2.52. The molecule has 0 aliphatic carbocycles. The number of benzene rings is 2. The van der Waals surface area contributed by atoms with Crippen LogP contribution in [0.3, 0.4) is 0 Å². The molecule has 0 bridgehead atoms. The summed E-state index contributed by atoms with van der Waals surface area (Å²) in [5.41, 5.74) is 2.28. The Hall–Kier alpha value is -2.25. The van der Waals surface area contributed by atoms with E-state index in [4.69, 9.17) is 0 Å². The lowest BCUT2D eigenvalue weighted by molar-refractivity contribution is -0.132. The molecule has 0 saturated heterocycles. The number of amidine groups is 1. The minimum absolute atomic E-state index is 0.142. The van der Waals surface area contributed by atoms with Crippen LogP contribution in [0.5, 0.6) is 0 Å². The first kappa shape index (κ1) is 18.1. The van der Waals surface area contributed by atoms with Crippen molar-refractivity contribution in [2.45, 2.75) is 35.3 Å². The first-order valence-corrected chi connectivity index (χ1v) is 10.4. The fourth-order valence-corrected chi connectivity index (χ4v) is 6.57. The molecule has 2 amide bonds. The monoisotopic (exact) mass is 397 g/mol. The van der Waals surface area contributed by atoms with Gasteiger partial charge in [-0.3, -0.25) is 9.59 Å². The van der Waals surface area contributed by atoms with E-state index < -0.39 is 4.87 Å². The van der Waals surface area contributed by atoms with Crippen LogP contribution in [0.25, 0.3) is 0 Å². The molecule has 2 aromatic rings. The lowest BCUT2D eigenvalue weighted by Crippen LogP contribution is -2.43. The second kappa shape index (κ2) is 7.05. The van der Waals surface area contributed by atoms with Gasteiger partial charge in [0.25, 0.3) is 0 Å². The molecule has 7 heteroatoms. The Labute approximate surface area is 166 Å². The fraction of sp³-hybridized carbons (Fsp3) is 0.250. The van der Waals surface area contributed by atoms with Gasteiger partial charge in [0.2, 0.25) is 11.8 Å². The third kappa shape index (κ3) is 3.26. The van der Waals surface area contributed by atoms with E-state index in [-0.39, 0.29) is 17.1 Å². The Bertz CT molecular complexity index is 932. The van der Waals surface area contributed by atoms with Gasteiger partial charge in [-0.25, -0.2) is 5.01 Å². The van der Waals surface area contributed by atoms with Gasteiger partial charge in [-0.1, -0.05) is 60.3 Å². The Morgan fingerprint density at radius 2 is 1.81 bits per heavy atom. The van der Waals surface area contributed by atoms with Crippen LogP contribution in [-0.4, -0.2) is 22.0 Å². The predicted octanol–water partition coefficient (Wildman–Crippen LogP) is 4.08. The summed E-state index contributed by atoms with van der Waals surface area (Å²) in [7, 11) is 0. The van der Waals surface area contributed by atoms with Crippen molar-refractivity contribution in [3.8, 4) is 0 Å². The van der Waals surface area contributed by atoms with Crippen molar-refractivity contribution in [1.29, 1.82) is 0 Å². The van der Waals surface area contributed by atoms with Crippen LogP contribution >= 0.6 is 23.5 Å². The molecule has 0 fully saturated rings. The number of nitrogens with one attached hydrogen (secondary N) is 1. The van der Waals surface area contributed by atoms with Crippen molar-refractivity contribution in [2.24, 2.45) is 5.10 Å². The molecule has 1 spiro atoms. The molecule has 2 aliphatic rings. The number of carbonyl (C=O) groups is 2. The summed E-state index contributed by atoms with van der Waals surface area (Å²) in [6, 6.07) is 18.5. The van der Waals surface area contributed by atoms with Crippen molar-refractivity contribution in [3.63, 3.8) is 0 Å². The van der Waals surface area contributed by atoms with Gasteiger partial charge in [-0.15, -0.1) is 16.9 Å². The summed E-state index contributed by atoms with van der Waals surface area (Å²) in [4.78, 5) is 24.5. The van der Waals surface area contributed by atoms with E-state index in [0.29, 0.717) is 11.6 Å². The SMILES string of the molecule is CC(=O)NC1=NN(C(C)=O)[C@@]2(C[C@H](c3ccccc3)Sc3ccccc32)S1. The molecule has 2 heterocycles. The third-order valence-corrected chi connectivity index (χ3v) is 7.20. The summed E-state index contributed by atoms with van der Waals surface area (Å²) < 4.78 is 0. The Morgan fingerprint density at radius 3 is 2.52 bits per heavy atom. The van der Waals surface area contributed by atoms with Gasteiger partial charge in [0.05, 0.1) is 0 Å². The van der Waals surface area contributed by atoms with Crippen LogP contribution in [0.2, 0.25) is 0 Å².